The van der Waals surface area contributed by atoms with E-state index in [-0.39, 0.29) is 19.3 Å². The third-order valence-corrected chi connectivity index (χ3v) is 5.14. The Kier molecular flexibility index (Phi) is 4.88. The smallest absolute Gasteiger partial charge is 0.365 e. The number of allylic oxidation sites excluding steroid dienone is 3. The van der Waals surface area contributed by atoms with Crippen molar-refractivity contribution in [1.82, 2.24) is 4.90 Å². The van der Waals surface area contributed by atoms with E-state index in [1.54, 1.807) is 48.2 Å². The molecule has 0 amide bonds. The lowest BCUT2D eigenvalue weighted by Gasteiger charge is -2.48. The predicted molar refractivity (Wildman–Crippen MR) is 90.9 cm³/mol. The van der Waals surface area contributed by atoms with Gasteiger partial charge in [0.15, 0.2) is 0 Å². The van der Waals surface area contributed by atoms with Crippen LogP contribution < -0.4 is 0 Å². The molecule has 1 nitrogen and oxygen atoms in total. The quantitative estimate of drug-likeness (QED) is 0.597. The number of halogens is 5. The molecule has 0 spiro atoms. The highest BCUT2D eigenvalue weighted by atomic mass is 19.4. The Bertz CT molecular complexity index is 705. The van der Waals surface area contributed by atoms with Gasteiger partial charge in [0.2, 0.25) is 0 Å². The van der Waals surface area contributed by atoms with Crippen LogP contribution >= 0.6 is 0 Å². The van der Waals surface area contributed by atoms with Crippen LogP contribution in [0.25, 0.3) is 0 Å². The Hall–Kier alpha value is -1.85. The van der Waals surface area contributed by atoms with Crippen molar-refractivity contribution in [3.63, 3.8) is 0 Å². The van der Waals surface area contributed by atoms with E-state index >= 15 is 0 Å². The molecule has 26 heavy (non-hydrogen) atoms. The summed E-state index contributed by atoms with van der Waals surface area (Å²) in [4.78, 5) is 1.71. The van der Waals surface area contributed by atoms with E-state index in [4.69, 9.17) is 0 Å². The van der Waals surface area contributed by atoms with Gasteiger partial charge < -0.3 is 4.90 Å². The highest BCUT2D eigenvalue weighted by Crippen LogP contribution is 2.44. The first kappa shape index (κ1) is 18.9. The third-order valence-electron chi connectivity index (χ3n) is 5.14. The second kappa shape index (κ2) is 6.71. The maximum Gasteiger partial charge on any atom is 0.391 e. The molecule has 6 heteroatoms. The summed E-state index contributed by atoms with van der Waals surface area (Å²) in [5, 5.41) is 0. The summed E-state index contributed by atoms with van der Waals surface area (Å²) in [5.41, 5.74) is 0.685. The summed E-state index contributed by atoms with van der Waals surface area (Å²) in [6.45, 7) is 1.90. The van der Waals surface area contributed by atoms with Gasteiger partial charge in [0, 0.05) is 25.1 Å². The lowest BCUT2D eigenvalue weighted by molar-refractivity contribution is -0.159. The summed E-state index contributed by atoms with van der Waals surface area (Å²) >= 11 is 0. The summed E-state index contributed by atoms with van der Waals surface area (Å²) in [6, 6.07) is 9.02. The lowest BCUT2D eigenvalue weighted by Crippen LogP contribution is -2.52. The zero-order valence-electron chi connectivity index (χ0n) is 14.6. The minimum atomic E-state index is -4.34. The van der Waals surface area contributed by atoms with E-state index in [9.17, 15) is 22.0 Å². The summed E-state index contributed by atoms with van der Waals surface area (Å²) in [6.07, 6.45) is -2.40. The predicted octanol–water partition coefficient (Wildman–Crippen LogP) is 5.89. The Morgan fingerprint density at radius 3 is 2.46 bits per heavy atom. The Morgan fingerprint density at radius 1 is 1.12 bits per heavy atom. The van der Waals surface area contributed by atoms with Gasteiger partial charge in [0.25, 0.3) is 5.92 Å². The molecule has 142 valence electrons. The molecule has 1 aromatic carbocycles. The van der Waals surface area contributed by atoms with Crippen LogP contribution in [0.5, 0.6) is 0 Å². The fourth-order valence-electron chi connectivity index (χ4n) is 4.07. The minimum Gasteiger partial charge on any atom is -0.365 e. The molecule has 1 heterocycles. The second-order valence-corrected chi connectivity index (χ2v) is 7.47. The van der Waals surface area contributed by atoms with Gasteiger partial charge in [-0.25, -0.2) is 8.78 Å². The van der Waals surface area contributed by atoms with Crippen molar-refractivity contribution in [2.24, 2.45) is 0 Å². The molecule has 0 saturated heterocycles. The topological polar surface area (TPSA) is 3.24 Å². The number of alkyl halides is 5. The molecular formula is C20H22F5N. The second-order valence-electron chi connectivity index (χ2n) is 7.47. The first-order valence-corrected chi connectivity index (χ1v) is 8.73. The van der Waals surface area contributed by atoms with Gasteiger partial charge in [-0.15, -0.1) is 0 Å². The molecular weight excluding hydrogens is 349 g/mol. The van der Waals surface area contributed by atoms with Crippen LogP contribution in [0.4, 0.5) is 22.0 Å². The van der Waals surface area contributed by atoms with Gasteiger partial charge in [-0.05, 0) is 30.9 Å². The Labute approximate surface area is 150 Å². The molecule has 0 bridgehead atoms. The van der Waals surface area contributed by atoms with Gasteiger partial charge in [-0.3, -0.25) is 0 Å². The largest absolute Gasteiger partial charge is 0.391 e. The van der Waals surface area contributed by atoms with E-state index < -0.39 is 30.5 Å². The van der Waals surface area contributed by atoms with Gasteiger partial charge in [0.1, 0.15) is 0 Å². The van der Waals surface area contributed by atoms with Crippen LogP contribution in [0, 0.1) is 0 Å². The fraction of sp³-hybridized carbons (Fsp3) is 0.500. The number of nitrogens with zero attached hydrogens (tertiary/aromatic N) is 1. The van der Waals surface area contributed by atoms with Gasteiger partial charge in [0.05, 0.1) is 12.0 Å². The van der Waals surface area contributed by atoms with Crippen molar-refractivity contribution in [2.75, 3.05) is 6.54 Å². The van der Waals surface area contributed by atoms with Crippen molar-refractivity contribution in [2.45, 2.75) is 56.7 Å². The van der Waals surface area contributed by atoms with Crippen LogP contribution in [-0.2, 0) is 6.42 Å². The average Bonchev–Trinajstić information content (AvgIpc) is 2.52. The van der Waals surface area contributed by atoms with Gasteiger partial charge in [-0.1, -0.05) is 42.5 Å². The minimum absolute atomic E-state index is 0.106. The first-order chi connectivity index (χ1) is 12.1. The zero-order valence-corrected chi connectivity index (χ0v) is 14.6. The van der Waals surface area contributed by atoms with Crippen LogP contribution in [0.1, 0.15) is 38.2 Å². The van der Waals surface area contributed by atoms with Gasteiger partial charge >= 0.3 is 6.18 Å². The van der Waals surface area contributed by atoms with Crippen LogP contribution in [-0.4, -0.2) is 29.1 Å². The maximum absolute atomic E-state index is 13.8. The summed E-state index contributed by atoms with van der Waals surface area (Å²) in [5.74, 6) is -2.79. The molecule has 0 fully saturated rings. The zero-order chi connectivity index (χ0) is 19.0. The summed E-state index contributed by atoms with van der Waals surface area (Å²) in [7, 11) is 0. The molecule has 0 aromatic heterocycles. The Balaban J connectivity index is 1.96. The molecule has 0 saturated carbocycles. The van der Waals surface area contributed by atoms with Crippen LogP contribution in [0.2, 0.25) is 0 Å². The molecule has 1 aromatic rings. The third kappa shape index (κ3) is 4.27. The fourth-order valence-corrected chi connectivity index (χ4v) is 4.07. The molecule has 0 N–H and O–H groups in total. The lowest BCUT2D eigenvalue weighted by atomic mass is 9.82. The molecule has 1 aliphatic heterocycles. The van der Waals surface area contributed by atoms with E-state index in [0.29, 0.717) is 17.8 Å². The van der Waals surface area contributed by atoms with Crippen LogP contribution in [0.3, 0.4) is 0 Å². The normalized spacial score (nSPS) is 22.2. The Morgan fingerprint density at radius 2 is 1.81 bits per heavy atom. The molecule has 3 rings (SSSR count). The number of hydrogen-bond acceptors (Lipinski definition) is 1. The van der Waals surface area contributed by atoms with E-state index in [2.05, 4.69) is 0 Å². The molecule has 0 radical (unpaired) electrons. The number of hydrogen-bond donors (Lipinski definition) is 0. The highest BCUT2D eigenvalue weighted by Gasteiger charge is 2.46. The molecule has 1 atom stereocenters. The summed E-state index contributed by atoms with van der Waals surface area (Å²) < 4.78 is 67.6. The molecule has 1 aliphatic carbocycles. The van der Waals surface area contributed by atoms with E-state index in [1.807, 2.05) is 6.07 Å². The molecule has 1 unspecified atom stereocenters. The van der Waals surface area contributed by atoms with Gasteiger partial charge in [-0.2, -0.15) is 13.2 Å². The first-order valence-electron chi connectivity index (χ1n) is 8.73. The van der Waals surface area contributed by atoms with Crippen molar-refractivity contribution < 1.29 is 22.0 Å². The van der Waals surface area contributed by atoms with Crippen molar-refractivity contribution in [3.05, 3.63) is 59.3 Å². The van der Waals surface area contributed by atoms with Crippen LogP contribution in [0.15, 0.2) is 53.8 Å². The maximum atomic E-state index is 13.8. The number of benzene rings is 1. The average molecular weight is 371 g/mol. The SMILES string of the molecule is CC(Cc1ccccc1)(CC(F)(F)F)N1CC=CC2=C1CCC(F)(F)C2. The molecule has 2 aliphatic rings. The van der Waals surface area contributed by atoms with Crippen molar-refractivity contribution in [3.8, 4) is 0 Å². The van der Waals surface area contributed by atoms with E-state index in [0.717, 1.165) is 5.56 Å². The van der Waals surface area contributed by atoms with Crippen molar-refractivity contribution in [1.29, 1.82) is 0 Å². The standard InChI is InChI=1S/C20H22F5N/c1-18(14-20(23,24)25,12-15-6-3-2-4-7-15)26-11-5-8-16-13-19(21,22)10-9-17(16)26/h2-8H,9-14H2,1H3. The monoisotopic (exact) mass is 371 g/mol. The van der Waals surface area contributed by atoms with E-state index in [1.165, 1.54) is 0 Å². The van der Waals surface area contributed by atoms with Crippen molar-refractivity contribution >= 4 is 0 Å². The highest BCUT2D eigenvalue weighted by molar-refractivity contribution is 5.34. The number of rotatable bonds is 4.